The molecule has 3 rings (SSSR count). The molecular weight excluding hydrogens is 399 g/mol. The van der Waals surface area contributed by atoms with Gasteiger partial charge in [0.05, 0.1) is 5.88 Å². The Bertz CT molecular complexity index is 883. The molecule has 0 aromatic carbocycles. The number of aliphatic hydroxyl groups is 1. The van der Waals surface area contributed by atoms with Crippen molar-refractivity contribution in [3.05, 3.63) is 33.9 Å². The van der Waals surface area contributed by atoms with E-state index in [0.717, 1.165) is 25.0 Å². The van der Waals surface area contributed by atoms with Gasteiger partial charge in [0.25, 0.3) is 0 Å². The van der Waals surface area contributed by atoms with Crippen LogP contribution in [0.25, 0.3) is 0 Å². The minimum Gasteiger partial charge on any atom is -0.383 e. The Morgan fingerprint density at radius 2 is 2.19 bits per heavy atom. The molecule has 26 heavy (non-hydrogen) atoms. The summed E-state index contributed by atoms with van der Waals surface area (Å²) in [4.78, 5) is 15.3. The molecule has 1 aromatic rings. The van der Waals surface area contributed by atoms with E-state index < -0.39 is 53.9 Å². The number of nitrogens with two attached hydrogens (primary N) is 1. The van der Waals surface area contributed by atoms with Crippen molar-refractivity contribution in [1.82, 2.24) is 9.55 Å². The van der Waals surface area contributed by atoms with Crippen molar-refractivity contribution in [3.8, 4) is 0 Å². The number of alkyl halides is 2. The molecule has 0 spiro atoms. The standard InChI is InChI=1S/C13H15ClF2N3O6P/c1-23-26(22,24-2)9(16)7-12(5-14)13(7,21)8(15)10(25-12)19-4-3-6(17)18-11(19)20/h3-4,8,10,21H,5H2,1-2H3,(H2,17,18,20). The van der Waals surface area contributed by atoms with Crippen LogP contribution in [0.5, 0.6) is 0 Å². The van der Waals surface area contributed by atoms with Crippen molar-refractivity contribution in [3.63, 3.8) is 0 Å². The summed E-state index contributed by atoms with van der Waals surface area (Å²) in [5, 5.41) is 10.7. The van der Waals surface area contributed by atoms with Gasteiger partial charge in [-0.25, -0.2) is 9.18 Å². The largest absolute Gasteiger partial charge is 0.389 e. The second-order valence-corrected chi connectivity index (χ2v) is 8.09. The summed E-state index contributed by atoms with van der Waals surface area (Å²) in [6.07, 6.45) is -2.83. The number of hydrogen-bond donors (Lipinski definition) is 2. The molecule has 0 bridgehead atoms. The molecule has 144 valence electrons. The first-order valence-corrected chi connectivity index (χ1v) is 9.28. The maximum absolute atomic E-state index is 15.0. The Balaban J connectivity index is 2.08. The fraction of sp³-hybridized carbons (Fsp3) is 0.538. The van der Waals surface area contributed by atoms with Crippen LogP contribution in [-0.4, -0.2) is 52.1 Å². The van der Waals surface area contributed by atoms with E-state index in [-0.39, 0.29) is 5.82 Å². The predicted molar refractivity (Wildman–Crippen MR) is 86.1 cm³/mol. The van der Waals surface area contributed by atoms with Crippen molar-refractivity contribution in [2.75, 3.05) is 25.8 Å². The molecule has 0 amide bonds. The van der Waals surface area contributed by atoms with E-state index in [0.29, 0.717) is 0 Å². The third-order valence-electron chi connectivity index (χ3n) is 4.55. The molecule has 4 atom stereocenters. The zero-order valence-electron chi connectivity index (χ0n) is 13.6. The van der Waals surface area contributed by atoms with Crippen LogP contribution in [-0.2, 0) is 18.3 Å². The van der Waals surface area contributed by atoms with Gasteiger partial charge in [-0.15, -0.1) is 11.6 Å². The summed E-state index contributed by atoms with van der Waals surface area (Å²) in [6, 6.07) is 1.22. The number of nitrogen functional groups attached to an aromatic ring is 1. The number of rotatable bonds is 5. The van der Waals surface area contributed by atoms with Crippen LogP contribution in [0, 0.1) is 0 Å². The number of aromatic nitrogens is 2. The maximum Gasteiger partial charge on any atom is 0.389 e. The average molecular weight is 414 g/mol. The van der Waals surface area contributed by atoms with Crippen molar-refractivity contribution < 1.29 is 32.2 Å². The highest BCUT2D eigenvalue weighted by Gasteiger charge is 2.86. The Labute approximate surface area is 150 Å². The van der Waals surface area contributed by atoms with Crippen LogP contribution >= 0.6 is 19.2 Å². The highest BCUT2D eigenvalue weighted by molar-refractivity contribution is 7.58. The van der Waals surface area contributed by atoms with Gasteiger partial charge in [-0.3, -0.25) is 9.13 Å². The lowest BCUT2D eigenvalue weighted by atomic mass is 10.1. The third kappa shape index (κ3) is 2.25. The van der Waals surface area contributed by atoms with Crippen LogP contribution in [0.15, 0.2) is 28.2 Å². The minimum absolute atomic E-state index is 0.0941. The predicted octanol–water partition coefficient (Wildman–Crippen LogP) is 1.08. The molecule has 1 aliphatic heterocycles. The molecule has 2 aliphatic rings. The summed E-state index contributed by atoms with van der Waals surface area (Å²) in [5.74, 6) is -0.670. The van der Waals surface area contributed by atoms with E-state index in [9.17, 15) is 23.2 Å². The van der Waals surface area contributed by atoms with Gasteiger partial charge in [0.1, 0.15) is 11.4 Å². The zero-order valence-corrected chi connectivity index (χ0v) is 15.2. The summed E-state index contributed by atoms with van der Waals surface area (Å²) in [7, 11) is -2.55. The maximum atomic E-state index is 15.0. The highest BCUT2D eigenvalue weighted by atomic mass is 35.5. The van der Waals surface area contributed by atoms with Crippen LogP contribution in [0.1, 0.15) is 6.23 Å². The van der Waals surface area contributed by atoms with E-state index in [1.54, 1.807) is 0 Å². The molecule has 2 fully saturated rings. The van der Waals surface area contributed by atoms with E-state index in [1.807, 2.05) is 0 Å². The summed E-state index contributed by atoms with van der Waals surface area (Å²) < 4.78 is 57.1. The van der Waals surface area contributed by atoms with Crippen LogP contribution in [0.2, 0.25) is 0 Å². The normalized spacial score (nSPS) is 35.3. The van der Waals surface area contributed by atoms with Crippen LogP contribution in [0.3, 0.4) is 0 Å². The summed E-state index contributed by atoms with van der Waals surface area (Å²) >= 11 is 5.79. The van der Waals surface area contributed by atoms with Crippen molar-refractivity contribution in [2.24, 2.45) is 0 Å². The first kappa shape index (κ1) is 19.4. The molecule has 9 nitrogen and oxygen atoms in total. The first-order valence-electron chi connectivity index (χ1n) is 7.20. The second kappa shape index (κ2) is 6.08. The molecule has 1 aromatic heterocycles. The van der Waals surface area contributed by atoms with Crippen LogP contribution in [0.4, 0.5) is 14.6 Å². The van der Waals surface area contributed by atoms with Gasteiger partial charge in [-0.2, -0.15) is 9.37 Å². The highest BCUT2D eigenvalue weighted by Crippen LogP contribution is 2.73. The van der Waals surface area contributed by atoms with E-state index >= 15 is 0 Å². The number of nitrogens with zero attached hydrogens (tertiary/aromatic N) is 2. The molecular formula is C13H15ClF2N3O6P. The Morgan fingerprint density at radius 3 is 2.65 bits per heavy atom. The van der Waals surface area contributed by atoms with Crippen molar-refractivity contribution >= 4 is 25.0 Å². The minimum atomic E-state index is -4.40. The van der Waals surface area contributed by atoms with Crippen molar-refractivity contribution in [2.45, 2.75) is 23.6 Å². The number of hydrogen-bond acceptors (Lipinski definition) is 8. The van der Waals surface area contributed by atoms with Gasteiger partial charge < -0.3 is 24.6 Å². The third-order valence-corrected chi connectivity index (χ3v) is 6.59. The van der Waals surface area contributed by atoms with Gasteiger partial charge in [0, 0.05) is 26.0 Å². The fourth-order valence-electron chi connectivity index (χ4n) is 3.14. The zero-order chi connectivity index (χ0) is 19.5. The number of anilines is 1. The summed E-state index contributed by atoms with van der Waals surface area (Å²) in [5.41, 5.74) is -2.30. The molecule has 1 aliphatic carbocycles. The first-order chi connectivity index (χ1) is 12.1. The topological polar surface area (TPSA) is 126 Å². The van der Waals surface area contributed by atoms with Gasteiger partial charge in [-0.05, 0) is 6.07 Å². The number of halogens is 3. The number of ether oxygens (including phenoxy) is 1. The SMILES string of the molecule is COP(=O)(OC)C(F)=C1C2(CCl)OC(n3ccc(N)nc3=O)C(F)C12O. The van der Waals surface area contributed by atoms with Gasteiger partial charge >= 0.3 is 13.3 Å². The van der Waals surface area contributed by atoms with E-state index in [4.69, 9.17) is 22.1 Å². The molecule has 2 heterocycles. The smallest absolute Gasteiger partial charge is 0.383 e. The lowest BCUT2D eigenvalue weighted by Gasteiger charge is -2.22. The second-order valence-electron chi connectivity index (χ2n) is 5.71. The lowest BCUT2D eigenvalue weighted by molar-refractivity contribution is -0.0415. The van der Waals surface area contributed by atoms with Gasteiger partial charge in [0.2, 0.25) is 5.57 Å². The monoisotopic (exact) mass is 413 g/mol. The fourth-order valence-corrected chi connectivity index (χ4v) is 4.63. The molecule has 13 heteroatoms. The van der Waals surface area contributed by atoms with Gasteiger partial charge in [0.15, 0.2) is 18.0 Å². The Hall–Kier alpha value is -1.36. The molecule has 4 unspecified atom stereocenters. The van der Waals surface area contributed by atoms with Crippen molar-refractivity contribution in [1.29, 1.82) is 0 Å². The van der Waals surface area contributed by atoms with Crippen LogP contribution < -0.4 is 11.4 Å². The average Bonchev–Trinajstić information content (AvgIpc) is 3.08. The van der Waals surface area contributed by atoms with Gasteiger partial charge in [-0.1, -0.05) is 0 Å². The lowest BCUT2D eigenvalue weighted by Crippen LogP contribution is -2.36. The quantitative estimate of drug-likeness (QED) is 0.542. The Kier molecular flexibility index (Phi) is 4.54. The molecule has 1 saturated heterocycles. The Morgan fingerprint density at radius 1 is 1.58 bits per heavy atom. The molecule has 1 saturated carbocycles. The number of fused-ring (bicyclic) bond motifs is 1. The summed E-state index contributed by atoms with van der Waals surface area (Å²) in [6.45, 7) is 0. The molecule has 3 N–H and O–H groups in total. The molecule has 0 radical (unpaired) electrons. The van der Waals surface area contributed by atoms with E-state index in [2.05, 4.69) is 14.0 Å². The van der Waals surface area contributed by atoms with E-state index in [1.165, 1.54) is 6.07 Å².